The molecule has 234 valence electrons. The predicted octanol–water partition coefficient (Wildman–Crippen LogP) is 4.86. The summed E-state index contributed by atoms with van der Waals surface area (Å²) in [5.74, 6) is 1.96. The van der Waals surface area contributed by atoms with E-state index in [0.29, 0.717) is 64.9 Å². The number of ether oxygens (including phenoxy) is 1. The number of nitrogens with one attached hydrogen (secondary N) is 2. The maximum atomic E-state index is 13.1. The summed E-state index contributed by atoms with van der Waals surface area (Å²) in [7, 11) is 1.79. The fourth-order valence-electron chi connectivity index (χ4n) is 5.81. The molecule has 13 heteroatoms. The second-order valence-electron chi connectivity index (χ2n) is 10.9. The van der Waals surface area contributed by atoms with Gasteiger partial charge in [0.05, 0.1) is 5.56 Å². The third-order valence-corrected chi connectivity index (χ3v) is 8.41. The van der Waals surface area contributed by atoms with Gasteiger partial charge in [0.25, 0.3) is 5.91 Å². The number of piperazine rings is 1. The third kappa shape index (κ3) is 7.82. The van der Waals surface area contributed by atoms with Crippen molar-refractivity contribution in [3.63, 3.8) is 0 Å². The van der Waals surface area contributed by atoms with E-state index in [-0.39, 0.29) is 16.9 Å². The molecule has 2 aromatic rings. The third-order valence-electron chi connectivity index (χ3n) is 7.95. The summed E-state index contributed by atoms with van der Waals surface area (Å²) in [5.41, 5.74) is 6.82. The van der Waals surface area contributed by atoms with Gasteiger partial charge in [-0.15, -0.1) is 0 Å². The first kappa shape index (κ1) is 32.6. The van der Waals surface area contributed by atoms with E-state index in [1.807, 2.05) is 4.90 Å². The number of hydrogen-bond donors (Lipinski definition) is 3. The van der Waals surface area contributed by atoms with Gasteiger partial charge >= 0.3 is 0 Å². The fourth-order valence-corrected chi connectivity index (χ4v) is 6.21. The Labute approximate surface area is 264 Å². The molecule has 0 spiro atoms. The Balaban J connectivity index is 1.42. The summed E-state index contributed by atoms with van der Waals surface area (Å²) in [4.78, 5) is 33.3. The predicted molar refractivity (Wildman–Crippen MR) is 174 cm³/mol. The maximum Gasteiger partial charge on any atom is 0.257 e. The SMILES string of the molecule is C=C(NCCC)OC(=C)c1nc(Cl)c(N2CCN(C3CCN(C(=O)c4ccc(Cl)nc4N)CC3)C(CCC)C2)nc1NC. The quantitative estimate of drug-likeness (QED) is 0.221. The molecule has 1 unspecified atom stereocenters. The number of nitrogens with two attached hydrogens (primary N) is 1. The standard InChI is InChI=1S/C30H43Cl2N9O2/c1-6-8-22-18-40(29-26(32)37-25(28(34-5)38-29)19(3)43-20(4)35-13-7-2)16-17-41(22)21-11-14-39(15-12-21)30(42)23-9-10-24(31)36-27(23)33/h9-10,21-22,35H,3-4,6-8,11-18H2,1-2,5H3,(H2,33,36)(H,34,38). The van der Waals surface area contributed by atoms with Crippen LogP contribution in [-0.2, 0) is 4.74 Å². The number of rotatable bonds is 12. The van der Waals surface area contributed by atoms with Crippen LogP contribution in [0.15, 0.2) is 31.2 Å². The van der Waals surface area contributed by atoms with Crippen molar-refractivity contribution in [2.45, 2.75) is 58.0 Å². The summed E-state index contributed by atoms with van der Waals surface area (Å²) in [5, 5.41) is 6.79. The van der Waals surface area contributed by atoms with Crippen molar-refractivity contribution in [2.75, 3.05) is 62.3 Å². The van der Waals surface area contributed by atoms with Crippen LogP contribution in [-0.4, -0.2) is 89.1 Å². The van der Waals surface area contributed by atoms with E-state index in [1.165, 1.54) is 0 Å². The Kier molecular flexibility index (Phi) is 11.3. The highest BCUT2D eigenvalue weighted by molar-refractivity contribution is 6.32. The van der Waals surface area contributed by atoms with Gasteiger partial charge in [-0.1, -0.05) is 50.0 Å². The van der Waals surface area contributed by atoms with Gasteiger partial charge in [0.2, 0.25) is 0 Å². The number of aromatic nitrogens is 3. The Morgan fingerprint density at radius 2 is 1.84 bits per heavy atom. The first-order valence-electron chi connectivity index (χ1n) is 14.9. The summed E-state index contributed by atoms with van der Waals surface area (Å²) < 4.78 is 5.75. The van der Waals surface area contributed by atoms with Gasteiger partial charge in [0.15, 0.2) is 28.4 Å². The lowest BCUT2D eigenvalue weighted by Gasteiger charge is -2.48. The molecule has 2 aliphatic rings. The molecule has 11 nitrogen and oxygen atoms in total. The van der Waals surface area contributed by atoms with E-state index < -0.39 is 0 Å². The van der Waals surface area contributed by atoms with Crippen molar-refractivity contribution in [2.24, 2.45) is 0 Å². The molecule has 0 aliphatic carbocycles. The van der Waals surface area contributed by atoms with Gasteiger partial charge in [-0.3, -0.25) is 9.69 Å². The van der Waals surface area contributed by atoms with Crippen LogP contribution in [0.1, 0.15) is 62.0 Å². The second-order valence-corrected chi connectivity index (χ2v) is 11.6. The minimum absolute atomic E-state index is 0.0957. The van der Waals surface area contributed by atoms with Crippen molar-refractivity contribution in [1.29, 1.82) is 0 Å². The largest absolute Gasteiger partial charge is 0.440 e. The molecule has 1 amide bonds. The van der Waals surface area contributed by atoms with E-state index in [0.717, 1.165) is 58.3 Å². The maximum absolute atomic E-state index is 13.1. The molecular weight excluding hydrogens is 589 g/mol. The Morgan fingerprint density at radius 1 is 1.09 bits per heavy atom. The molecule has 1 atom stereocenters. The molecule has 0 bridgehead atoms. The van der Waals surface area contributed by atoms with Gasteiger partial charge in [-0.05, 0) is 44.4 Å². The summed E-state index contributed by atoms with van der Waals surface area (Å²) in [6, 6.07) is 3.96. The summed E-state index contributed by atoms with van der Waals surface area (Å²) >= 11 is 12.7. The van der Waals surface area contributed by atoms with Crippen LogP contribution >= 0.6 is 23.2 Å². The average Bonchev–Trinajstić information content (AvgIpc) is 3.00. The molecule has 0 saturated carbocycles. The minimum atomic E-state index is -0.0957. The van der Waals surface area contributed by atoms with Gasteiger partial charge in [-0.2, -0.15) is 0 Å². The summed E-state index contributed by atoms with van der Waals surface area (Å²) in [6.07, 6.45) is 4.84. The fraction of sp³-hybridized carbons (Fsp3) is 0.533. The number of amides is 1. The number of likely N-dealkylation sites (tertiary alicyclic amines) is 1. The number of piperidine rings is 1. The van der Waals surface area contributed by atoms with Crippen LogP contribution in [0.4, 0.5) is 17.5 Å². The molecule has 43 heavy (non-hydrogen) atoms. The number of nitrogens with zero attached hydrogens (tertiary/aromatic N) is 6. The minimum Gasteiger partial charge on any atom is -0.440 e. The Morgan fingerprint density at radius 3 is 2.49 bits per heavy atom. The first-order chi connectivity index (χ1) is 20.7. The molecule has 2 saturated heterocycles. The van der Waals surface area contributed by atoms with Crippen LogP contribution in [0.5, 0.6) is 0 Å². The molecule has 2 fully saturated rings. The number of carbonyl (C=O) groups is 1. The van der Waals surface area contributed by atoms with Crippen molar-refractivity contribution >= 4 is 52.3 Å². The zero-order valence-electron chi connectivity index (χ0n) is 25.3. The molecule has 2 aliphatic heterocycles. The van der Waals surface area contributed by atoms with Crippen molar-refractivity contribution < 1.29 is 9.53 Å². The lowest BCUT2D eigenvalue weighted by Crippen LogP contribution is -2.59. The van der Waals surface area contributed by atoms with Crippen molar-refractivity contribution in [3.05, 3.63) is 52.7 Å². The van der Waals surface area contributed by atoms with Crippen LogP contribution in [0.3, 0.4) is 0 Å². The normalized spacial score (nSPS) is 17.9. The highest BCUT2D eigenvalue weighted by Crippen LogP contribution is 2.33. The van der Waals surface area contributed by atoms with E-state index in [4.69, 9.17) is 38.7 Å². The van der Waals surface area contributed by atoms with Crippen molar-refractivity contribution in [3.8, 4) is 0 Å². The molecule has 0 aromatic carbocycles. The molecule has 4 N–H and O–H groups in total. The number of halogens is 2. The van der Waals surface area contributed by atoms with E-state index in [2.05, 4.69) is 57.4 Å². The van der Waals surface area contributed by atoms with E-state index in [9.17, 15) is 4.79 Å². The number of anilines is 3. The van der Waals surface area contributed by atoms with Gasteiger partial charge < -0.3 is 30.9 Å². The Hall–Kier alpha value is -3.28. The Bertz CT molecular complexity index is 1320. The topological polar surface area (TPSA) is 125 Å². The number of pyridine rings is 1. The molecule has 4 heterocycles. The molecule has 0 radical (unpaired) electrons. The lowest BCUT2D eigenvalue weighted by molar-refractivity contribution is 0.0481. The zero-order chi connectivity index (χ0) is 31.1. The first-order valence-corrected chi connectivity index (χ1v) is 15.7. The van der Waals surface area contributed by atoms with Gasteiger partial charge in [-0.25, -0.2) is 15.0 Å². The monoisotopic (exact) mass is 631 g/mol. The van der Waals surface area contributed by atoms with Crippen LogP contribution in [0, 0.1) is 0 Å². The highest BCUT2D eigenvalue weighted by Gasteiger charge is 2.36. The van der Waals surface area contributed by atoms with Crippen LogP contribution in [0.25, 0.3) is 5.76 Å². The van der Waals surface area contributed by atoms with Crippen LogP contribution in [0.2, 0.25) is 10.3 Å². The molecular formula is C30H43Cl2N9O2. The van der Waals surface area contributed by atoms with Crippen LogP contribution < -0.4 is 21.3 Å². The zero-order valence-corrected chi connectivity index (χ0v) is 26.8. The smallest absolute Gasteiger partial charge is 0.257 e. The highest BCUT2D eigenvalue weighted by atomic mass is 35.5. The number of carbonyl (C=O) groups excluding carboxylic acids is 1. The second kappa shape index (κ2) is 14.9. The molecule has 2 aromatic heterocycles. The molecule has 4 rings (SSSR count). The summed E-state index contributed by atoms with van der Waals surface area (Å²) in [6.45, 7) is 16.7. The lowest BCUT2D eigenvalue weighted by atomic mass is 9.97. The average molecular weight is 633 g/mol. The van der Waals surface area contributed by atoms with E-state index >= 15 is 0 Å². The number of hydrogen-bond acceptors (Lipinski definition) is 10. The van der Waals surface area contributed by atoms with Gasteiger partial charge in [0, 0.05) is 58.4 Å². The number of nitrogen functional groups attached to an aromatic ring is 1. The van der Waals surface area contributed by atoms with E-state index in [1.54, 1.807) is 19.2 Å². The van der Waals surface area contributed by atoms with Crippen molar-refractivity contribution in [1.82, 2.24) is 30.1 Å². The van der Waals surface area contributed by atoms with Gasteiger partial charge in [0.1, 0.15) is 16.7 Å².